The summed E-state index contributed by atoms with van der Waals surface area (Å²) in [6.07, 6.45) is -4.59. The Morgan fingerprint density at radius 2 is 1.65 bits per heavy atom. The molecule has 4 rings (SSSR count). The molecular formula is C24H23F3N4O3. The molecule has 0 unspecified atom stereocenters. The van der Waals surface area contributed by atoms with E-state index in [9.17, 15) is 18.0 Å². The van der Waals surface area contributed by atoms with Gasteiger partial charge in [-0.1, -0.05) is 12.1 Å². The maximum atomic E-state index is 13.3. The summed E-state index contributed by atoms with van der Waals surface area (Å²) in [5.41, 5.74) is 0.0911. The van der Waals surface area contributed by atoms with Gasteiger partial charge in [0.05, 0.1) is 31.0 Å². The Morgan fingerprint density at radius 1 is 0.912 bits per heavy atom. The minimum atomic E-state index is -4.59. The quantitative estimate of drug-likeness (QED) is 0.556. The second kappa shape index (κ2) is 9.58. The zero-order chi connectivity index (χ0) is 24.3. The van der Waals surface area contributed by atoms with Crippen molar-refractivity contribution in [3.8, 4) is 22.8 Å². The maximum Gasteiger partial charge on any atom is 0.417 e. The number of benzene rings is 2. The van der Waals surface area contributed by atoms with Crippen molar-refractivity contribution in [3.05, 3.63) is 65.7 Å². The van der Waals surface area contributed by atoms with Gasteiger partial charge >= 0.3 is 6.18 Å². The van der Waals surface area contributed by atoms with Crippen molar-refractivity contribution in [2.75, 3.05) is 45.3 Å². The van der Waals surface area contributed by atoms with Gasteiger partial charge in [-0.3, -0.25) is 4.79 Å². The number of carbonyl (C=O) groups is 1. The molecule has 3 aromatic rings. The topological polar surface area (TPSA) is 67.8 Å². The standard InChI is InChI=1S/C24H23F3N4O3/c1-33-16-7-9-21(34-2)18(15-16)20-8-10-22(29-28-20)30-11-13-31(14-12-30)23(32)17-5-3-4-6-19(17)24(25,26)27/h3-10,15H,11-14H2,1-2H3. The summed E-state index contributed by atoms with van der Waals surface area (Å²) < 4.78 is 50.6. The lowest BCUT2D eigenvalue weighted by Gasteiger charge is -2.35. The molecule has 0 spiro atoms. The fourth-order valence-electron chi connectivity index (χ4n) is 3.88. The first-order valence-electron chi connectivity index (χ1n) is 10.6. The number of aromatic nitrogens is 2. The smallest absolute Gasteiger partial charge is 0.417 e. The summed E-state index contributed by atoms with van der Waals surface area (Å²) in [7, 11) is 3.15. The zero-order valence-electron chi connectivity index (χ0n) is 18.7. The van der Waals surface area contributed by atoms with Crippen molar-refractivity contribution in [3.63, 3.8) is 0 Å². The number of hydrogen-bond donors (Lipinski definition) is 0. The molecule has 178 valence electrons. The Labute approximate surface area is 194 Å². The highest BCUT2D eigenvalue weighted by atomic mass is 19.4. The van der Waals surface area contributed by atoms with E-state index < -0.39 is 17.6 Å². The van der Waals surface area contributed by atoms with Crippen LogP contribution in [0.2, 0.25) is 0 Å². The predicted octanol–water partition coefficient (Wildman–Crippen LogP) is 4.14. The van der Waals surface area contributed by atoms with Crippen molar-refractivity contribution in [2.24, 2.45) is 0 Å². The Morgan fingerprint density at radius 3 is 2.26 bits per heavy atom. The number of anilines is 1. The molecule has 10 heteroatoms. The Bertz CT molecular complexity index is 1160. The number of amides is 1. The van der Waals surface area contributed by atoms with Gasteiger partial charge < -0.3 is 19.3 Å². The molecule has 0 saturated carbocycles. The van der Waals surface area contributed by atoms with Gasteiger partial charge in [0.2, 0.25) is 0 Å². The summed E-state index contributed by atoms with van der Waals surface area (Å²) in [5.74, 6) is 1.29. The third kappa shape index (κ3) is 4.75. The molecule has 1 aromatic heterocycles. The SMILES string of the molecule is COc1ccc(OC)c(-c2ccc(N3CCN(C(=O)c4ccccc4C(F)(F)F)CC3)nn2)c1. The van der Waals surface area contributed by atoms with Gasteiger partial charge in [-0.2, -0.15) is 13.2 Å². The minimum Gasteiger partial charge on any atom is -0.497 e. The number of alkyl halides is 3. The number of methoxy groups -OCH3 is 2. The third-order valence-corrected chi connectivity index (χ3v) is 5.69. The van der Waals surface area contributed by atoms with Crippen LogP contribution in [0.5, 0.6) is 11.5 Å². The van der Waals surface area contributed by atoms with Crippen LogP contribution >= 0.6 is 0 Å². The van der Waals surface area contributed by atoms with Gasteiger partial charge in [0.25, 0.3) is 5.91 Å². The van der Waals surface area contributed by atoms with Crippen molar-refractivity contribution in [2.45, 2.75) is 6.18 Å². The van der Waals surface area contributed by atoms with E-state index in [0.29, 0.717) is 36.1 Å². The highest BCUT2D eigenvalue weighted by Crippen LogP contribution is 2.34. The first-order valence-corrected chi connectivity index (χ1v) is 10.6. The predicted molar refractivity (Wildman–Crippen MR) is 120 cm³/mol. The molecule has 0 aliphatic carbocycles. The summed E-state index contributed by atoms with van der Waals surface area (Å²) in [4.78, 5) is 16.2. The molecule has 0 N–H and O–H groups in total. The lowest BCUT2D eigenvalue weighted by molar-refractivity contribution is -0.138. The average molecular weight is 472 g/mol. The number of piperazine rings is 1. The van der Waals surface area contributed by atoms with Gasteiger partial charge in [-0.25, -0.2) is 0 Å². The van der Waals surface area contributed by atoms with E-state index in [1.165, 1.54) is 23.1 Å². The lowest BCUT2D eigenvalue weighted by atomic mass is 10.1. The molecule has 0 radical (unpaired) electrons. The monoisotopic (exact) mass is 472 g/mol. The van der Waals surface area contributed by atoms with Crippen LogP contribution in [0.15, 0.2) is 54.6 Å². The van der Waals surface area contributed by atoms with Crippen LogP contribution in [0.25, 0.3) is 11.3 Å². The minimum absolute atomic E-state index is 0.276. The summed E-state index contributed by atoms with van der Waals surface area (Å²) in [6.45, 7) is 1.41. The number of rotatable bonds is 5. The fourth-order valence-corrected chi connectivity index (χ4v) is 3.88. The first-order chi connectivity index (χ1) is 16.3. The van der Waals surface area contributed by atoms with Crippen molar-refractivity contribution in [1.82, 2.24) is 15.1 Å². The lowest BCUT2D eigenvalue weighted by Crippen LogP contribution is -2.49. The second-order valence-corrected chi connectivity index (χ2v) is 7.67. The van der Waals surface area contributed by atoms with Crippen LogP contribution in [0.4, 0.5) is 19.0 Å². The van der Waals surface area contributed by atoms with Crippen LogP contribution < -0.4 is 14.4 Å². The van der Waals surface area contributed by atoms with Gasteiger partial charge in [0.1, 0.15) is 11.5 Å². The fraction of sp³-hybridized carbons (Fsp3) is 0.292. The van der Waals surface area contributed by atoms with Gasteiger partial charge in [-0.15, -0.1) is 10.2 Å². The van der Waals surface area contributed by atoms with E-state index in [0.717, 1.165) is 11.6 Å². The Balaban J connectivity index is 1.45. The van der Waals surface area contributed by atoms with E-state index in [1.807, 2.05) is 23.1 Å². The number of ether oxygens (including phenoxy) is 2. The van der Waals surface area contributed by atoms with Gasteiger partial charge in [-0.05, 0) is 42.5 Å². The Hall–Kier alpha value is -3.82. The molecule has 1 aliphatic heterocycles. The highest BCUT2D eigenvalue weighted by molar-refractivity contribution is 5.96. The number of carbonyl (C=O) groups excluding carboxylic acids is 1. The molecule has 0 atom stereocenters. The normalized spacial score (nSPS) is 14.1. The molecule has 1 saturated heterocycles. The number of nitrogens with zero attached hydrogens (tertiary/aromatic N) is 4. The molecular weight excluding hydrogens is 449 g/mol. The van der Waals surface area contributed by atoms with Gasteiger partial charge in [0, 0.05) is 31.7 Å². The average Bonchev–Trinajstić information content (AvgIpc) is 2.87. The van der Waals surface area contributed by atoms with Crippen molar-refractivity contribution >= 4 is 11.7 Å². The molecule has 7 nitrogen and oxygen atoms in total. The third-order valence-electron chi connectivity index (χ3n) is 5.69. The number of halogens is 3. The van der Waals surface area contributed by atoms with Crippen LogP contribution in [0.1, 0.15) is 15.9 Å². The highest BCUT2D eigenvalue weighted by Gasteiger charge is 2.36. The van der Waals surface area contributed by atoms with E-state index in [1.54, 1.807) is 26.4 Å². The van der Waals surface area contributed by atoms with E-state index in [4.69, 9.17) is 9.47 Å². The molecule has 1 amide bonds. The summed E-state index contributed by atoms with van der Waals surface area (Å²) >= 11 is 0. The molecule has 1 aliphatic rings. The molecule has 2 heterocycles. The zero-order valence-corrected chi connectivity index (χ0v) is 18.7. The van der Waals surface area contributed by atoms with Crippen molar-refractivity contribution in [1.29, 1.82) is 0 Å². The van der Waals surface area contributed by atoms with E-state index in [-0.39, 0.29) is 18.7 Å². The maximum absolute atomic E-state index is 13.3. The summed E-state index contributed by atoms with van der Waals surface area (Å²) in [5, 5.41) is 8.63. The molecule has 2 aromatic carbocycles. The molecule has 0 bridgehead atoms. The van der Waals surface area contributed by atoms with Crippen LogP contribution in [-0.4, -0.2) is 61.4 Å². The van der Waals surface area contributed by atoms with Crippen LogP contribution in [0, 0.1) is 0 Å². The van der Waals surface area contributed by atoms with Gasteiger partial charge in [0.15, 0.2) is 5.82 Å². The Kier molecular flexibility index (Phi) is 6.58. The number of hydrogen-bond acceptors (Lipinski definition) is 6. The second-order valence-electron chi connectivity index (χ2n) is 7.67. The summed E-state index contributed by atoms with van der Waals surface area (Å²) in [6, 6.07) is 13.9. The van der Waals surface area contributed by atoms with Crippen LogP contribution in [-0.2, 0) is 6.18 Å². The largest absolute Gasteiger partial charge is 0.497 e. The van der Waals surface area contributed by atoms with Crippen LogP contribution in [0.3, 0.4) is 0 Å². The molecule has 1 fully saturated rings. The first kappa shape index (κ1) is 23.3. The van der Waals surface area contributed by atoms with E-state index >= 15 is 0 Å². The molecule has 34 heavy (non-hydrogen) atoms. The van der Waals surface area contributed by atoms with Crippen molar-refractivity contribution < 1.29 is 27.4 Å². The van der Waals surface area contributed by atoms with E-state index in [2.05, 4.69) is 10.2 Å².